The summed E-state index contributed by atoms with van der Waals surface area (Å²) >= 11 is 5.64. The average molecular weight is 538 g/mol. The smallest absolute Gasteiger partial charge is 0.229 e. The molecule has 0 bridgehead atoms. The van der Waals surface area contributed by atoms with E-state index in [9.17, 15) is 0 Å². The molecule has 1 aliphatic rings. The van der Waals surface area contributed by atoms with E-state index < -0.39 is 0 Å². The van der Waals surface area contributed by atoms with Crippen molar-refractivity contribution < 1.29 is 0 Å². The van der Waals surface area contributed by atoms with Crippen molar-refractivity contribution in [1.82, 2.24) is 19.9 Å². The van der Waals surface area contributed by atoms with Gasteiger partial charge in [0.25, 0.3) is 0 Å². The van der Waals surface area contributed by atoms with Gasteiger partial charge in [0, 0.05) is 60.8 Å². The Labute approximate surface area is 234 Å². The Morgan fingerprint density at radius 3 is 2.08 bits per heavy atom. The van der Waals surface area contributed by atoms with Crippen LogP contribution in [0.4, 0.5) is 28.8 Å². The highest BCUT2D eigenvalue weighted by Gasteiger charge is 2.22. The summed E-state index contributed by atoms with van der Waals surface area (Å²) in [4.78, 5) is 22.8. The van der Waals surface area contributed by atoms with E-state index in [-0.39, 0.29) is 0 Å². The number of aryl methyl sites for hydroxylation is 2. The van der Waals surface area contributed by atoms with Gasteiger partial charge in [-0.2, -0.15) is 4.99 Å². The monoisotopic (exact) mass is 537 g/mol. The summed E-state index contributed by atoms with van der Waals surface area (Å²) in [6.07, 6.45) is 1.82. The fraction of sp³-hybridized carbons (Fsp3) is 0.207. The molecule has 0 unspecified atom stereocenters. The highest BCUT2D eigenvalue weighted by Crippen LogP contribution is 2.19. The molecule has 0 radical (unpaired) electrons. The van der Waals surface area contributed by atoms with Crippen LogP contribution in [0.25, 0.3) is 0 Å². The van der Waals surface area contributed by atoms with E-state index in [4.69, 9.17) is 17.2 Å². The summed E-state index contributed by atoms with van der Waals surface area (Å²) in [5.41, 5.74) is 4.64. The van der Waals surface area contributed by atoms with Gasteiger partial charge >= 0.3 is 0 Å². The number of benzene rings is 2. The molecular formula is C29H31N9S. The van der Waals surface area contributed by atoms with Gasteiger partial charge in [-0.25, -0.2) is 15.0 Å². The van der Waals surface area contributed by atoms with Crippen LogP contribution in [0.1, 0.15) is 11.4 Å². The maximum Gasteiger partial charge on any atom is 0.229 e. The molecule has 2 aromatic heterocycles. The Morgan fingerprint density at radius 1 is 0.769 bits per heavy atom. The molecule has 1 fully saturated rings. The van der Waals surface area contributed by atoms with Gasteiger partial charge in [0.15, 0.2) is 0 Å². The van der Waals surface area contributed by atoms with Gasteiger partial charge in [-0.1, -0.05) is 24.3 Å². The lowest BCUT2D eigenvalue weighted by molar-refractivity contribution is 0.384. The van der Waals surface area contributed by atoms with Gasteiger partial charge in [-0.15, -0.1) is 0 Å². The summed E-state index contributed by atoms with van der Waals surface area (Å²) in [5.74, 6) is 2.08. The van der Waals surface area contributed by atoms with Gasteiger partial charge in [-0.3, -0.25) is 5.32 Å². The van der Waals surface area contributed by atoms with Crippen molar-refractivity contribution in [2.24, 2.45) is 4.99 Å². The quantitative estimate of drug-likeness (QED) is 0.180. The van der Waals surface area contributed by atoms with E-state index in [1.54, 1.807) is 0 Å². The van der Waals surface area contributed by atoms with E-state index in [2.05, 4.69) is 40.7 Å². The highest BCUT2D eigenvalue weighted by molar-refractivity contribution is 7.80. The second-order valence-corrected chi connectivity index (χ2v) is 9.58. The fourth-order valence-corrected chi connectivity index (χ4v) is 4.52. The molecule has 3 N–H and O–H groups in total. The van der Waals surface area contributed by atoms with Crippen LogP contribution in [0.2, 0.25) is 0 Å². The van der Waals surface area contributed by atoms with E-state index in [1.165, 1.54) is 0 Å². The number of nitrogens with zero attached hydrogens (tertiary/aromatic N) is 6. The van der Waals surface area contributed by atoms with Crippen molar-refractivity contribution in [2.75, 3.05) is 47.0 Å². The molecular weight excluding hydrogens is 506 g/mol. The molecule has 0 spiro atoms. The van der Waals surface area contributed by atoms with Crippen molar-refractivity contribution in [1.29, 1.82) is 0 Å². The maximum absolute atomic E-state index is 5.64. The summed E-state index contributed by atoms with van der Waals surface area (Å²) in [5, 5.41) is 10.3. The second-order valence-electron chi connectivity index (χ2n) is 9.20. The molecule has 2 aromatic carbocycles. The Kier molecular flexibility index (Phi) is 8.23. The summed E-state index contributed by atoms with van der Waals surface area (Å²) < 4.78 is 0. The number of pyridine rings is 1. The van der Waals surface area contributed by atoms with Gasteiger partial charge < -0.3 is 20.4 Å². The zero-order valence-electron chi connectivity index (χ0n) is 22.0. The molecule has 1 aliphatic heterocycles. The maximum atomic E-state index is 5.64. The van der Waals surface area contributed by atoms with Crippen molar-refractivity contribution in [2.45, 2.75) is 13.8 Å². The van der Waals surface area contributed by atoms with E-state index in [0.717, 1.165) is 60.4 Å². The van der Waals surface area contributed by atoms with Crippen LogP contribution in [0.15, 0.2) is 90.1 Å². The molecule has 198 valence electrons. The third-order valence-corrected chi connectivity index (χ3v) is 6.36. The predicted octanol–water partition coefficient (Wildman–Crippen LogP) is 5.22. The molecule has 9 nitrogen and oxygen atoms in total. The Morgan fingerprint density at radius 2 is 1.41 bits per heavy atom. The zero-order valence-corrected chi connectivity index (χ0v) is 22.8. The summed E-state index contributed by atoms with van der Waals surface area (Å²) in [7, 11) is 0. The molecule has 0 atom stereocenters. The minimum absolute atomic E-state index is 0.345. The normalized spacial score (nSPS) is 13.6. The lowest BCUT2D eigenvalue weighted by Crippen LogP contribution is -2.51. The number of rotatable bonds is 5. The number of aromatic nitrogens is 3. The molecule has 0 amide bonds. The fourth-order valence-electron chi connectivity index (χ4n) is 4.32. The van der Waals surface area contributed by atoms with E-state index >= 15 is 0 Å². The molecule has 0 aliphatic carbocycles. The highest BCUT2D eigenvalue weighted by atomic mass is 32.1. The second kappa shape index (κ2) is 12.3. The number of para-hydroxylation sites is 1. The van der Waals surface area contributed by atoms with Crippen molar-refractivity contribution in [3.63, 3.8) is 0 Å². The van der Waals surface area contributed by atoms with Crippen LogP contribution in [0.3, 0.4) is 0 Å². The number of hydrogen-bond donors (Lipinski definition) is 3. The van der Waals surface area contributed by atoms with Crippen LogP contribution in [-0.4, -0.2) is 57.1 Å². The number of piperazine rings is 1. The van der Waals surface area contributed by atoms with Gasteiger partial charge in [-0.05, 0) is 80.7 Å². The first-order valence-electron chi connectivity index (χ1n) is 12.8. The minimum atomic E-state index is 0.345. The largest absolute Gasteiger partial charge is 0.356 e. The van der Waals surface area contributed by atoms with Crippen molar-refractivity contribution >= 4 is 52.1 Å². The van der Waals surface area contributed by atoms with E-state index in [1.807, 2.05) is 98.9 Å². The number of aliphatic imine (C=N–C) groups is 1. The van der Waals surface area contributed by atoms with E-state index in [0.29, 0.717) is 17.0 Å². The lowest BCUT2D eigenvalue weighted by Gasteiger charge is -2.36. The van der Waals surface area contributed by atoms with Gasteiger partial charge in [0.05, 0.1) is 0 Å². The number of nitrogens with one attached hydrogen (secondary N) is 3. The Bertz CT molecular complexity index is 1400. The third-order valence-electron chi connectivity index (χ3n) is 6.16. The number of guanidine groups is 1. The first kappa shape index (κ1) is 26.1. The van der Waals surface area contributed by atoms with Gasteiger partial charge in [0.1, 0.15) is 5.82 Å². The molecule has 0 saturated carbocycles. The molecule has 4 aromatic rings. The molecule has 39 heavy (non-hydrogen) atoms. The summed E-state index contributed by atoms with van der Waals surface area (Å²) in [6.45, 7) is 7.00. The van der Waals surface area contributed by atoms with Crippen molar-refractivity contribution in [3.8, 4) is 0 Å². The summed E-state index contributed by atoms with van der Waals surface area (Å²) in [6, 6.07) is 25.9. The van der Waals surface area contributed by atoms with Gasteiger partial charge in [0.2, 0.25) is 17.0 Å². The SMILES string of the molecule is Cc1cc(C)nc(N/C(=N/C(=S)Nc2ccc(Nc3ccccc3)cc2)N2CCN(c3ccccn3)CC2)n1. The topological polar surface area (TPSA) is 93.6 Å². The first-order chi connectivity index (χ1) is 19.0. The predicted molar refractivity (Wildman–Crippen MR) is 163 cm³/mol. The Balaban J connectivity index is 1.29. The molecule has 3 heterocycles. The number of hydrogen-bond acceptors (Lipinski definition) is 6. The first-order valence-corrected chi connectivity index (χ1v) is 13.2. The van der Waals surface area contributed by atoms with Crippen molar-refractivity contribution in [3.05, 3.63) is 96.4 Å². The number of thiocarbonyl (C=S) groups is 1. The zero-order chi connectivity index (χ0) is 27.0. The standard InChI is InChI=1S/C29H31N9S/c1-21-20-22(2)32-27(31-21)35-28(38-18-16-37(17-19-38)26-10-6-7-15-30-26)36-29(39)34-25-13-11-24(12-14-25)33-23-8-4-3-5-9-23/h3-15,20,33H,16-19H2,1-2H3,(H2,31,32,34,35,36,39). The molecule has 5 rings (SSSR count). The lowest BCUT2D eigenvalue weighted by atomic mass is 10.2. The van der Waals surface area contributed by atoms with Crippen LogP contribution < -0.4 is 20.9 Å². The van der Waals surface area contributed by atoms with Crippen LogP contribution in [0, 0.1) is 13.8 Å². The number of anilines is 5. The van der Waals surface area contributed by atoms with Crippen LogP contribution in [0.5, 0.6) is 0 Å². The molecule has 1 saturated heterocycles. The average Bonchev–Trinajstić information content (AvgIpc) is 2.94. The minimum Gasteiger partial charge on any atom is -0.356 e. The van der Waals surface area contributed by atoms with Crippen LogP contribution >= 0.6 is 12.2 Å². The Hall–Kier alpha value is -4.57. The van der Waals surface area contributed by atoms with Crippen LogP contribution in [-0.2, 0) is 0 Å². The third kappa shape index (κ3) is 7.26. The molecule has 10 heteroatoms.